The van der Waals surface area contributed by atoms with Crippen LogP contribution < -0.4 is 10.6 Å². The average Bonchev–Trinajstić information content (AvgIpc) is 3.07. The number of benzene rings is 2. The molecule has 0 aliphatic rings. The highest BCUT2D eigenvalue weighted by atomic mass is 35.5. The lowest BCUT2D eigenvalue weighted by molar-refractivity contribution is -0.116. The summed E-state index contributed by atoms with van der Waals surface area (Å²) < 4.78 is 0. The average molecular weight is 386 g/mol. The molecule has 2 N–H and O–H groups in total. The van der Waals surface area contributed by atoms with Gasteiger partial charge in [0.05, 0.1) is 5.69 Å². The van der Waals surface area contributed by atoms with Crippen molar-refractivity contribution in [2.45, 2.75) is 26.7 Å². The third-order valence-corrected chi connectivity index (χ3v) is 4.88. The van der Waals surface area contributed by atoms with E-state index >= 15 is 0 Å². The van der Waals surface area contributed by atoms with E-state index in [1.165, 1.54) is 0 Å². The van der Waals surface area contributed by atoms with Gasteiger partial charge in [0.1, 0.15) is 0 Å². The fraction of sp³-hybridized carbons (Fsp3) is 0.200. The molecule has 0 fully saturated rings. The van der Waals surface area contributed by atoms with Crippen LogP contribution in [0.5, 0.6) is 0 Å². The fourth-order valence-electron chi connectivity index (χ4n) is 2.48. The quantitative estimate of drug-likeness (QED) is 0.527. The zero-order chi connectivity index (χ0) is 18.5. The molecule has 3 aromatic rings. The topological polar surface area (TPSA) is 54.0 Å². The van der Waals surface area contributed by atoms with Crippen molar-refractivity contribution in [1.82, 2.24) is 4.98 Å². The minimum Gasteiger partial charge on any atom is -0.331 e. The summed E-state index contributed by atoms with van der Waals surface area (Å²) in [5.41, 5.74) is 4.76. The summed E-state index contributed by atoms with van der Waals surface area (Å²) in [6.45, 7) is 4.01. The Bertz CT molecular complexity index is 906. The molecule has 2 aromatic carbocycles. The summed E-state index contributed by atoms with van der Waals surface area (Å²) in [5, 5.41) is 9.72. The smallest absolute Gasteiger partial charge is 0.224 e. The Morgan fingerprint density at radius 2 is 1.96 bits per heavy atom. The van der Waals surface area contributed by atoms with Gasteiger partial charge in [-0.2, -0.15) is 0 Å². The molecule has 0 aliphatic heterocycles. The summed E-state index contributed by atoms with van der Waals surface area (Å²) in [4.78, 5) is 16.3. The van der Waals surface area contributed by atoms with Crippen LogP contribution in [0.4, 0.5) is 16.5 Å². The number of hydrogen-bond acceptors (Lipinski definition) is 4. The summed E-state index contributed by atoms with van der Waals surface area (Å²) >= 11 is 7.61. The third kappa shape index (κ3) is 4.62. The van der Waals surface area contributed by atoms with Crippen molar-refractivity contribution < 1.29 is 4.79 Å². The molecular formula is C20H20ClN3OS. The first-order valence-corrected chi connectivity index (χ1v) is 9.70. The van der Waals surface area contributed by atoms with Gasteiger partial charge >= 0.3 is 0 Å². The van der Waals surface area contributed by atoms with Crippen molar-refractivity contribution in [2.75, 3.05) is 10.6 Å². The van der Waals surface area contributed by atoms with Gasteiger partial charge in [-0.3, -0.25) is 4.79 Å². The van der Waals surface area contributed by atoms with Crippen molar-refractivity contribution in [3.05, 3.63) is 58.4 Å². The van der Waals surface area contributed by atoms with Gasteiger partial charge in [0.25, 0.3) is 0 Å². The van der Waals surface area contributed by atoms with Crippen molar-refractivity contribution in [3.63, 3.8) is 0 Å². The number of aromatic nitrogens is 1. The number of nitrogens with one attached hydrogen (secondary N) is 2. The predicted molar refractivity (Wildman–Crippen MR) is 111 cm³/mol. The maximum absolute atomic E-state index is 11.7. The Kier molecular flexibility index (Phi) is 5.91. The minimum atomic E-state index is 0.0392. The Hall–Kier alpha value is -2.37. The number of thiazole rings is 1. The van der Waals surface area contributed by atoms with E-state index in [4.69, 9.17) is 11.6 Å². The van der Waals surface area contributed by atoms with E-state index in [1.807, 2.05) is 61.7 Å². The second kappa shape index (κ2) is 8.34. The molecule has 0 saturated carbocycles. The van der Waals surface area contributed by atoms with Crippen LogP contribution in [0.2, 0.25) is 5.02 Å². The number of nitrogens with zero attached hydrogens (tertiary/aromatic N) is 1. The first-order chi connectivity index (χ1) is 12.5. The Balaban J connectivity index is 1.71. The van der Waals surface area contributed by atoms with Crippen LogP contribution in [0.1, 0.15) is 25.3 Å². The van der Waals surface area contributed by atoms with Crippen LogP contribution in [0.3, 0.4) is 0 Å². The number of amides is 1. The van der Waals surface area contributed by atoms with Crippen molar-refractivity contribution in [3.8, 4) is 11.3 Å². The van der Waals surface area contributed by atoms with Crippen LogP contribution in [0.15, 0.2) is 47.8 Å². The Labute approximate surface area is 162 Å². The van der Waals surface area contributed by atoms with Gasteiger partial charge in [0, 0.05) is 33.8 Å². The number of anilines is 3. The monoisotopic (exact) mass is 385 g/mol. The van der Waals surface area contributed by atoms with Crippen molar-refractivity contribution in [2.24, 2.45) is 0 Å². The summed E-state index contributed by atoms with van der Waals surface area (Å²) in [7, 11) is 0. The third-order valence-electron chi connectivity index (χ3n) is 3.89. The minimum absolute atomic E-state index is 0.0392. The van der Waals surface area contributed by atoms with Gasteiger partial charge in [-0.05, 0) is 43.2 Å². The maximum atomic E-state index is 11.7. The van der Waals surface area contributed by atoms with E-state index in [9.17, 15) is 4.79 Å². The second-order valence-electron chi connectivity index (χ2n) is 6.00. The van der Waals surface area contributed by atoms with Crippen molar-refractivity contribution >= 4 is 45.4 Å². The normalized spacial score (nSPS) is 10.6. The SMILES string of the molecule is CCCC(=O)Nc1ccc(-c2csc(Nc3cc(Cl)ccc3C)n2)cc1. The lowest BCUT2D eigenvalue weighted by Crippen LogP contribution is -2.10. The summed E-state index contributed by atoms with van der Waals surface area (Å²) in [5.74, 6) is 0.0392. The first kappa shape index (κ1) is 18.4. The number of carbonyl (C=O) groups excluding carboxylic acids is 1. The van der Waals surface area contributed by atoms with Crippen LogP contribution in [-0.4, -0.2) is 10.9 Å². The van der Waals surface area contributed by atoms with Crippen LogP contribution in [0, 0.1) is 6.92 Å². The number of hydrogen-bond donors (Lipinski definition) is 2. The molecule has 0 spiro atoms. The van der Waals surface area contributed by atoms with E-state index in [1.54, 1.807) is 11.3 Å². The molecule has 0 saturated heterocycles. The van der Waals surface area contributed by atoms with Crippen LogP contribution >= 0.6 is 22.9 Å². The molecule has 4 nitrogen and oxygen atoms in total. The molecule has 1 aromatic heterocycles. The van der Waals surface area contributed by atoms with E-state index in [-0.39, 0.29) is 5.91 Å². The van der Waals surface area contributed by atoms with Gasteiger partial charge in [0.15, 0.2) is 5.13 Å². The number of halogens is 1. The van der Waals surface area contributed by atoms with Crippen LogP contribution in [-0.2, 0) is 4.79 Å². The highest BCUT2D eigenvalue weighted by Crippen LogP contribution is 2.30. The molecule has 0 aliphatic carbocycles. The molecule has 3 rings (SSSR count). The lowest BCUT2D eigenvalue weighted by atomic mass is 10.1. The van der Waals surface area contributed by atoms with E-state index in [0.717, 1.165) is 39.7 Å². The maximum Gasteiger partial charge on any atom is 0.224 e. The molecular weight excluding hydrogens is 366 g/mol. The molecule has 0 radical (unpaired) electrons. The lowest BCUT2D eigenvalue weighted by Gasteiger charge is -2.07. The molecule has 1 amide bonds. The highest BCUT2D eigenvalue weighted by molar-refractivity contribution is 7.14. The molecule has 0 atom stereocenters. The van der Waals surface area contributed by atoms with Crippen molar-refractivity contribution in [1.29, 1.82) is 0 Å². The number of carbonyl (C=O) groups is 1. The standard InChI is InChI=1S/C20H20ClN3OS/c1-3-4-19(25)22-16-9-6-14(7-10-16)18-12-26-20(24-18)23-17-11-15(21)8-5-13(17)2/h5-12H,3-4H2,1-2H3,(H,22,25)(H,23,24). The van der Waals surface area contributed by atoms with Crippen LogP contribution in [0.25, 0.3) is 11.3 Å². The molecule has 134 valence electrons. The molecule has 6 heteroatoms. The van der Waals surface area contributed by atoms with E-state index in [0.29, 0.717) is 11.4 Å². The van der Waals surface area contributed by atoms with E-state index in [2.05, 4.69) is 15.6 Å². The zero-order valence-corrected chi connectivity index (χ0v) is 16.2. The van der Waals surface area contributed by atoms with Gasteiger partial charge < -0.3 is 10.6 Å². The molecule has 26 heavy (non-hydrogen) atoms. The Morgan fingerprint density at radius 1 is 1.19 bits per heavy atom. The molecule has 0 bridgehead atoms. The van der Waals surface area contributed by atoms with E-state index < -0.39 is 0 Å². The Morgan fingerprint density at radius 3 is 2.69 bits per heavy atom. The fourth-order valence-corrected chi connectivity index (χ4v) is 3.39. The second-order valence-corrected chi connectivity index (χ2v) is 7.29. The van der Waals surface area contributed by atoms with Gasteiger partial charge in [-0.15, -0.1) is 11.3 Å². The number of aryl methyl sites for hydroxylation is 1. The summed E-state index contributed by atoms with van der Waals surface area (Å²) in [6.07, 6.45) is 1.37. The highest BCUT2D eigenvalue weighted by Gasteiger charge is 2.07. The molecule has 0 unspecified atom stereocenters. The zero-order valence-electron chi connectivity index (χ0n) is 14.7. The van der Waals surface area contributed by atoms with Gasteiger partial charge in [-0.25, -0.2) is 4.98 Å². The molecule has 1 heterocycles. The van der Waals surface area contributed by atoms with Gasteiger partial charge in [0.2, 0.25) is 5.91 Å². The van der Waals surface area contributed by atoms with Gasteiger partial charge in [-0.1, -0.05) is 36.7 Å². The number of rotatable bonds is 6. The first-order valence-electron chi connectivity index (χ1n) is 8.44. The largest absolute Gasteiger partial charge is 0.331 e. The summed E-state index contributed by atoms with van der Waals surface area (Å²) in [6, 6.07) is 13.5. The predicted octanol–water partition coefficient (Wildman–Crippen LogP) is 6.25.